The van der Waals surface area contributed by atoms with Crippen molar-refractivity contribution in [3.8, 4) is 0 Å². The fourth-order valence-corrected chi connectivity index (χ4v) is 4.85. The fraction of sp³-hybridized carbons (Fsp3) is 0.667. The van der Waals surface area contributed by atoms with E-state index in [1.807, 2.05) is 0 Å². The van der Waals surface area contributed by atoms with Crippen LogP contribution in [0.4, 0.5) is 0 Å². The zero-order valence-electron chi connectivity index (χ0n) is 18.3. The highest BCUT2D eigenvalue weighted by Gasteiger charge is 2.38. The summed E-state index contributed by atoms with van der Waals surface area (Å²) < 4.78 is 6.49. The molecule has 0 heterocycles. The molecule has 1 aromatic rings. The first-order valence-corrected chi connectivity index (χ1v) is 13.7. The van der Waals surface area contributed by atoms with Gasteiger partial charge in [0, 0.05) is 19.2 Å². The summed E-state index contributed by atoms with van der Waals surface area (Å²) in [5, 5.41) is 4.11. The van der Waals surface area contributed by atoms with E-state index in [-0.39, 0.29) is 0 Å². The Labute approximate surface area is 168 Å². The van der Waals surface area contributed by atoms with Gasteiger partial charge in [-0.3, -0.25) is 0 Å². The fourth-order valence-electron chi connectivity index (χ4n) is 3.77. The molecule has 1 fully saturated rings. The molecule has 27 heavy (non-hydrogen) atoms. The van der Waals surface area contributed by atoms with Crippen LogP contribution in [0.5, 0.6) is 0 Å². The summed E-state index contributed by atoms with van der Waals surface area (Å²) in [6.45, 7) is 17.6. The molecule has 2 nitrogen and oxygen atoms in total. The Morgan fingerprint density at radius 1 is 1.15 bits per heavy atom. The molecule has 152 valence electrons. The second-order valence-electron chi connectivity index (χ2n) is 9.85. The summed E-state index contributed by atoms with van der Waals surface area (Å²) in [5.74, 6) is 1.50. The summed E-state index contributed by atoms with van der Waals surface area (Å²) in [6, 6.07) is 11.3. The molecule has 0 radical (unpaired) electrons. The lowest BCUT2D eigenvalue weighted by Gasteiger charge is -2.39. The van der Waals surface area contributed by atoms with E-state index < -0.39 is 8.32 Å². The highest BCUT2D eigenvalue weighted by atomic mass is 28.4. The molecule has 1 aliphatic carbocycles. The van der Waals surface area contributed by atoms with Crippen molar-refractivity contribution in [2.24, 2.45) is 11.8 Å². The Balaban J connectivity index is 1.80. The first-order valence-electron chi connectivity index (χ1n) is 10.7. The minimum absolute atomic E-state index is 0.306. The van der Waals surface area contributed by atoms with Gasteiger partial charge in [0.25, 0.3) is 0 Å². The monoisotopic (exact) mass is 387 g/mol. The SMILES string of the molecule is C=CC[C@@H](NCc1ccccc1)C1CCC(CO[Si](C)(C)C(C)(C)C)CC1. The molecule has 1 N–H and O–H groups in total. The van der Waals surface area contributed by atoms with Crippen LogP contribution >= 0.6 is 0 Å². The van der Waals surface area contributed by atoms with Gasteiger partial charge in [-0.05, 0) is 67.6 Å². The van der Waals surface area contributed by atoms with E-state index in [1.165, 1.54) is 31.2 Å². The van der Waals surface area contributed by atoms with E-state index in [0.29, 0.717) is 11.1 Å². The van der Waals surface area contributed by atoms with Crippen molar-refractivity contribution in [1.82, 2.24) is 5.32 Å². The molecule has 0 aromatic heterocycles. The van der Waals surface area contributed by atoms with Crippen molar-refractivity contribution >= 4 is 8.32 Å². The molecule has 0 bridgehead atoms. The molecule has 1 saturated carbocycles. The van der Waals surface area contributed by atoms with Gasteiger partial charge in [-0.1, -0.05) is 57.2 Å². The zero-order valence-corrected chi connectivity index (χ0v) is 19.3. The van der Waals surface area contributed by atoms with Gasteiger partial charge < -0.3 is 9.74 Å². The van der Waals surface area contributed by atoms with Crippen molar-refractivity contribution in [1.29, 1.82) is 0 Å². The lowest BCUT2D eigenvalue weighted by atomic mass is 9.78. The van der Waals surface area contributed by atoms with E-state index in [4.69, 9.17) is 4.43 Å². The molecule has 1 atom stereocenters. The van der Waals surface area contributed by atoms with Crippen LogP contribution in [-0.4, -0.2) is 21.0 Å². The molecule has 0 saturated heterocycles. The first-order chi connectivity index (χ1) is 12.7. The van der Waals surface area contributed by atoms with Crippen molar-refractivity contribution in [2.75, 3.05) is 6.61 Å². The summed E-state index contributed by atoms with van der Waals surface area (Å²) in [6.07, 6.45) is 8.37. The highest BCUT2D eigenvalue weighted by Crippen LogP contribution is 2.38. The predicted octanol–water partition coefficient (Wildman–Crippen LogP) is 6.55. The average Bonchev–Trinajstić information content (AvgIpc) is 2.64. The second kappa shape index (κ2) is 10.0. The van der Waals surface area contributed by atoms with Crippen LogP contribution in [0.1, 0.15) is 58.4 Å². The Morgan fingerprint density at radius 2 is 1.78 bits per heavy atom. The van der Waals surface area contributed by atoms with Crippen LogP contribution in [0, 0.1) is 11.8 Å². The molecule has 1 aromatic carbocycles. The van der Waals surface area contributed by atoms with Crippen molar-refractivity contribution < 1.29 is 4.43 Å². The quantitative estimate of drug-likeness (QED) is 0.383. The summed E-state index contributed by atoms with van der Waals surface area (Å²) in [7, 11) is -1.62. The third kappa shape index (κ3) is 6.89. The van der Waals surface area contributed by atoms with E-state index in [1.54, 1.807) is 0 Å². The predicted molar refractivity (Wildman–Crippen MR) is 120 cm³/mol. The molecule has 1 aliphatic rings. The third-order valence-electron chi connectivity index (χ3n) is 6.78. The normalized spacial score (nSPS) is 22.4. The molecule has 3 heteroatoms. The number of hydrogen-bond donors (Lipinski definition) is 1. The van der Waals surface area contributed by atoms with Gasteiger partial charge in [0.05, 0.1) is 0 Å². The van der Waals surface area contributed by atoms with E-state index in [0.717, 1.165) is 31.4 Å². The summed E-state index contributed by atoms with van der Waals surface area (Å²) in [4.78, 5) is 0. The Kier molecular flexibility index (Phi) is 8.33. The maximum Gasteiger partial charge on any atom is 0.191 e. The smallest absolute Gasteiger partial charge is 0.191 e. The molecule has 0 spiro atoms. The van der Waals surface area contributed by atoms with Crippen LogP contribution in [0.3, 0.4) is 0 Å². The van der Waals surface area contributed by atoms with Crippen LogP contribution in [0.25, 0.3) is 0 Å². The molecule has 2 rings (SSSR count). The standard InChI is InChI=1S/C24H41NOSi/c1-7-11-23(25-18-20-12-9-8-10-13-20)22-16-14-21(15-17-22)19-26-27(5,6)24(2,3)4/h7-10,12-13,21-23,25H,1,11,14-19H2,2-6H3/t21?,22?,23-/m1/s1. The van der Waals surface area contributed by atoms with Gasteiger partial charge in [0.15, 0.2) is 8.32 Å². The third-order valence-corrected chi connectivity index (χ3v) is 11.3. The van der Waals surface area contributed by atoms with Gasteiger partial charge in [0.1, 0.15) is 0 Å². The molecular formula is C24H41NOSi. The van der Waals surface area contributed by atoms with Crippen LogP contribution < -0.4 is 5.32 Å². The van der Waals surface area contributed by atoms with Gasteiger partial charge in [-0.15, -0.1) is 6.58 Å². The Hall–Kier alpha value is -0.903. The Morgan fingerprint density at radius 3 is 2.33 bits per heavy atom. The lowest BCUT2D eigenvalue weighted by Crippen LogP contribution is -2.43. The minimum atomic E-state index is -1.62. The van der Waals surface area contributed by atoms with Crippen LogP contribution in [-0.2, 0) is 11.0 Å². The zero-order chi connectivity index (χ0) is 19.9. The maximum absolute atomic E-state index is 6.49. The average molecular weight is 388 g/mol. The van der Waals surface area contributed by atoms with E-state index >= 15 is 0 Å². The topological polar surface area (TPSA) is 21.3 Å². The van der Waals surface area contributed by atoms with E-state index in [9.17, 15) is 0 Å². The minimum Gasteiger partial charge on any atom is -0.417 e. The molecule has 0 aliphatic heterocycles. The van der Waals surface area contributed by atoms with Crippen LogP contribution in [0.2, 0.25) is 18.1 Å². The largest absolute Gasteiger partial charge is 0.417 e. The lowest BCUT2D eigenvalue weighted by molar-refractivity contribution is 0.154. The molecular weight excluding hydrogens is 346 g/mol. The molecule has 0 unspecified atom stereocenters. The van der Waals surface area contributed by atoms with Crippen LogP contribution in [0.15, 0.2) is 43.0 Å². The Bertz CT molecular complexity index is 555. The van der Waals surface area contributed by atoms with Gasteiger partial charge in [-0.25, -0.2) is 0 Å². The van der Waals surface area contributed by atoms with Gasteiger partial charge in [-0.2, -0.15) is 0 Å². The van der Waals surface area contributed by atoms with E-state index in [2.05, 4.69) is 82.2 Å². The van der Waals surface area contributed by atoms with Gasteiger partial charge >= 0.3 is 0 Å². The second-order valence-corrected chi connectivity index (χ2v) is 14.7. The van der Waals surface area contributed by atoms with Crippen molar-refractivity contribution in [2.45, 2.75) is 83.6 Å². The summed E-state index contributed by atoms with van der Waals surface area (Å²) >= 11 is 0. The van der Waals surface area contributed by atoms with Crippen molar-refractivity contribution in [3.05, 3.63) is 48.6 Å². The number of rotatable bonds is 9. The number of benzene rings is 1. The van der Waals surface area contributed by atoms with Crippen molar-refractivity contribution in [3.63, 3.8) is 0 Å². The molecule has 0 amide bonds. The number of hydrogen-bond acceptors (Lipinski definition) is 2. The highest BCUT2D eigenvalue weighted by molar-refractivity contribution is 6.74. The summed E-state index contributed by atoms with van der Waals surface area (Å²) in [5.41, 5.74) is 1.36. The first kappa shape index (κ1) is 22.4. The number of nitrogens with one attached hydrogen (secondary N) is 1. The maximum atomic E-state index is 6.49. The van der Waals surface area contributed by atoms with Gasteiger partial charge in [0.2, 0.25) is 0 Å².